The minimum Gasteiger partial charge on any atom is -0.756 e. The average Bonchev–Trinajstić information content (AvgIpc) is 3.09. The highest BCUT2D eigenvalue weighted by Gasteiger charge is 2.21. The summed E-state index contributed by atoms with van der Waals surface area (Å²) in [6.07, 6.45) is 27.0. The Morgan fingerprint density at radius 3 is 1.49 bits per heavy atom. The van der Waals surface area contributed by atoms with Gasteiger partial charge >= 0.3 is 17.9 Å². The molecule has 0 N–H and O–H groups in total. The molecule has 0 rings (SSSR count). The van der Waals surface area contributed by atoms with Crippen LogP contribution in [0.2, 0.25) is 0 Å². The summed E-state index contributed by atoms with van der Waals surface area (Å²) < 4.78 is 37.5. The number of esters is 3. The number of rotatable bonds is 37. The summed E-state index contributed by atoms with van der Waals surface area (Å²) in [5.41, 5.74) is 0. The van der Waals surface area contributed by atoms with Gasteiger partial charge in [-0.1, -0.05) is 149 Å². The van der Waals surface area contributed by atoms with Crippen molar-refractivity contribution in [2.75, 3.05) is 26.4 Å². The summed E-state index contributed by atoms with van der Waals surface area (Å²) in [5, 5.41) is 0. The second-order valence-electron chi connectivity index (χ2n) is 13.0. The summed E-state index contributed by atoms with van der Waals surface area (Å²) in [6, 6.07) is 0. The van der Waals surface area contributed by atoms with Crippen LogP contribution in [0.15, 0.2) is 12.7 Å². The summed E-state index contributed by atoms with van der Waals surface area (Å²) in [5.74, 6) is -1.25. The highest BCUT2D eigenvalue weighted by atomic mass is 31.2. The molecule has 11 heteroatoms. The van der Waals surface area contributed by atoms with Crippen molar-refractivity contribution in [3.8, 4) is 0 Å². The molecule has 0 fully saturated rings. The Labute approximate surface area is 298 Å². The molecule has 0 heterocycles. The van der Waals surface area contributed by atoms with Crippen LogP contribution in [0, 0.1) is 0 Å². The van der Waals surface area contributed by atoms with E-state index in [1.807, 2.05) is 0 Å². The third kappa shape index (κ3) is 34.5. The third-order valence-corrected chi connectivity index (χ3v) is 9.24. The Morgan fingerprint density at radius 1 is 0.571 bits per heavy atom. The van der Waals surface area contributed by atoms with Gasteiger partial charge in [-0.15, -0.1) is 0 Å². The molecule has 2 unspecified atom stereocenters. The minimum absolute atomic E-state index is 0.00559. The summed E-state index contributed by atoms with van der Waals surface area (Å²) in [6.45, 7) is 7.09. The molecule has 2 atom stereocenters. The first kappa shape index (κ1) is 47.3. The van der Waals surface area contributed by atoms with Gasteiger partial charge in [-0.25, -0.2) is 4.79 Å². The largest absolute Gasteiger partial charge is 0.756 e. The number of ether oxygens (including phenoxy) is 3. The maximum absolute atomic E-state index is 12.5. The van der Waals surface area contributed by atoms with Gasteiger partial charge < -0.3 is 28.2 Å². The fourth-order valence-corrected chi connectivity index (χ4v) is 6.17. The van der Waals surface area contributed by atoms with E-state index in [1.54, 1.807) is 6.92 Å². The lowest BCUT2D eigenvalue weighted by atomic mass is 10.0. The van der Waals surface area contributed by atoms with Gasteiger partial charge in [0.1, 0.15) is 6.61 Å². The lowest BCUT2D eigenvalue weighted by Gasteiger charge is -2.25. The van der Waals surface area contributed by atoms with Gasteiger partial charge in [0, 0.05) is 18.9 Å². The molecule has 0 saturated heterocycles. The average molecular weight is 718 g/mol. The molecule has 0 aromatic carbocycles. The van der Waals surface area contributed by atoms with Crippen LogP contribution in [-0.2, 0) is 42.2 Å². The minimum atomic E-state index is -4.56. The number of phosphoric ester groups is 1. The number of phosphoric acid groups is 1. The van der Waals surface area contributed by atoms with E-state index >= 15 is 0 Å². The van der Waals surface area contributed by atoms with Crippen LogP contribution in [0.25, 0.3) is 0 Å². The van der Waals surface area contributed by atoms with E-state index in [4.69, 9.17) is 23.3 Å². The Bertz CT molecular complexity index is 865. The molecule has 0 saturated carbocycles. The molecule has 0 spiro atoms. The van der Waals surface area contributed by atoms with E-state index in [0.717, 1.165) is 77.0 Å². The number of carbonyl (C=O) groups excluding carboxylic acids is 3. The highest BCUT2D eigenvalue weighted by molar-refractivity contribution is 7.45. The fourth-order valence-electron chi connectivity index (χ4n) is 5.34. The number of unbranched alkanes of at least 4 members (excludes halogenated alkanes) is 21. The summed E-state index contributed by atoms with van der Waals surface area (Å²) in [7, 11) is -4.56. The molecule has 0 radical (unpaired) electrons. The first-order valence-electron chi connectivity index (χ1n) is 19.5. The van der Waals surface area contributed by atoms with Crippen LogP contribution in [0.5, 0.6) is 0 Å². The van der Waals surface area contributed by atoms with E-state index in [1.165, 1.54) is 70.3 Å². The molecule has 0 aliphatic rings. The maximum atomic E-state index is 12.5. The molecule has 0 aliphatic carbocycles. The van der Waals surface area contributed by atoms with Crippen molar-refractivity contribution < 1.29 is 47.1 Å². The monoisotopic (exact) mass is 717 g/mol. The molecule has 0 aromatic heterocycles. The quantitative estimate of drug-likeness (QED) is 0.0201. The molecular formula is C38H70O10P-. The maximum Gasteiger partial charge on any atom is 0.330 e. The van der Waals surface area contributed by atoms with Gasteiger partial charge in [-0.2, -0.15) is 0 Å². The Morgan fingerprint density at radius 2 is 1.02 bits per heavy atom. The Kier molecular flexibility index (Phi) is 33.5. The van der Waals surface area contributed by atoms with Crippen molar-refractivity contribution in [3.63, 3.8) is 0 Å². The normalized spacial score (nSPS) is 13.0. The van der Waals surface area contributed by atoms with Crippen molar-refractivity contribution in [1.29, 1.82) is 0 Å². The number of hydrogen-bond donors (Lipinski definition) is 0. The predicted molar refractivity (Wildman–Crippen MR) is 193 cm³/mol. The standard InChI is InChI=1S/C38H71O10P/c1-4-7-8-9-10-11-12-13-14-17-20-23-26-29-37(40)45-33-35(34-47-49(42,43)46-31-5-2)48-38(41)30-27-24-21-18-15-16-19-22-25-28-32-44-36(39)6-3/h6,35H,3-5,7-34H2,1-2H3,(H,42,43)/p-1. The van der Waals surface area contributed by atoms with Gasteiger partial charge in [-0.05, 0) is 25.7 Å². The van der Waals surface area contributed by atoms with Crippen molar-refractivity contribution in [1.82, 2.24) is 0 Å². The van der Waals surface area contributed by atoms with Crippen LogP contribution in [0.1, 0.15) is 181 Å². The Balaban J connectivity index is 4.17. The van der Waals surface area contributed by atoms with E-state index in [-0.39, 0.29) is 32.0 Å². The highest BCUT2D eigenvalue weighted by Crippen LogP contribution is 2.38. The lowest BCUT2D eigenvalue weighted by Crippen LogP contribution is -2.30. The second-order valence-corrected chi connectivity index (χ2v) is 14.4. The lowest BCUT2D eigenvalue weighted by molar-refractivity contribution is -0.228. The molecule has 10 nitrogen and oxygen atoms in total. The van der Waals surface area contributed by atoms with Crippen LogP contribution in [-0.4, -0.2) is 50.4 Å². The van der Waals surface area contributed by atoms with E-state index in [9.17, 15) is 23.8 Å². The zero-order chi connectivity index (χ0) is 36.3. The molecule has 49 heavy (non-hydrogen) atoms. The predicted octanol–water partition coefficient (Wildman–Crippen LogP) is 9.85. The SMILES string of the molecule is C=CC(=O)OCCCCCCCCCCCCC(=O)OC(COC(=O)CCCCCCCCCCCCCCC)COP(=O)([O-])OCCC. The van der Waals surface area contributed by atoms with Crippen molar-refractivity contribution in [2.45, 2.75) is 187 Å². The summed E-state index contributed by atoms with van der Waals surface area (Å²) >= 11 is 0. The Hall–Kier alpha value is -1.74. The van der Waals surface area contributed by atoms with Crippen molar-refractivity contribution in [3.05, 3.63) is 12.7 Å². The van der Waals surface area contributed by atoms with Crippen molar-refractivity contribution in [2.24, 2.45) is 0 Å². The van der Waals surface area contributed by atoms with E-state index < -0.39 is 32.5 Å². The van der Waals surface area contributed by atoms with E-state index in [0.29, 0.717) is 19.4 Å². The van der Waals surface area contributed by atoms with Gasteiger partial charge in [-0.3, -0.25) is 14.2 Å². The molecule has 288 valence electrons. The van der Waals surface area contributed by atoms with Crippen LogP contribution in [0.4, 0.5) is 0 Å². The molecule has 0 aliphatic heterocycles. The molecule has 0 amide bonds. The molecular weight excluding hydrogens is 647 g/mol. The summed E-state index contributed by atoms with van der Waals surface area (Å²) in [4.78, 5) is 47.9. The van der Waals surface area contributed by atoms with Gasteiger partial charge in [0.15, 0.2) is 6.10 Å². The van der Waals surface area contributed by atoms with Crippen LogP contribution >= 0.6 is 7.82 Å². The fraction of sp³-hybridized carbons (Fsp3) is 0.868. The zero-order valence-electron chi connectivity index (χ0n) is 31.1. The van der Waals surface area contributed by atoms with Crippen LogP contribution in [0.3, 0.4) is 0 Å². The molecule has 0 bridgehead atoms. The van der Waals surface area contributed by atoms with Gasteiger partial charge in [0.25, 0.3) is 7.82 Å². The van der Waals surface area contributed by atoms with Crippen LogP contribution < -0.4 is 4.89 Å². The van der Waals surface area contributed by atoms with E-state index in [2.05, 4.69) is 13.5 Å². The third-order valence-electron chi connectivity index (χ3n) is 8.27. The second kappa shape index (κ2) is 34.7. The number of carbonyl (C=O) groups is 3. The van der Waals surface area contributed by atoms with Crippen molar-refractivity contribution >= 4 is 25.7 Å². The molecule has 0 aromatic rings. The first-order valence-corrected chi connectivity index (χ1v) is 20.9. The number of hydrogen-bond acceptors (Lipinski definition) is 10. The smallest absolute Gasteiger partial charge is 0.330 e. The first-order chi connectivity index (χ1) is 23.7. The van der Waals surface area contributed by atoms with Gasteiger partial charge in [0.05, 0.1) is 19.8 Å². The zero-order valence-corrected chi connectivity index (χ0v) is 32.0. The van der Waals surface area contributed by atoms with Gasteiger partial charge in [0.2, 0.25) is 0 Å². The topological polar surface area (TPSA) is 137 Å².